The van der Waals surface area contributed by atoms with Gasteiger partial charge in [-0.05, 0) is 18.6 Å². The van der Waals surface area contributed by atoms with Gasteiger partial charge >= 0.3 is 0 Å². The van der Waals surface area contributed by atoms with E-state index < -0.39 is 0 Å². The van der Waals surface area contributed by atoms with Crippen molar-refractivity contribution in [3.05, 3.63) is 41.3 Å². The molecule has 0 fully saturated rings. The summed E-state index contributed by atoms with van der Waals surface area (Å²) in [6.07, 6.45) is 1.93. The largest absolute Gasteiger partial charge is 0.497 e. The summed E-state index contributed by atoms with van der Waals surface area (Å²) >= 11 is 6.07. The number of aromatic nitrogens is 2. The van der Waals surface area contributed by atoms with Crippen LogP contribution in [0.2, 0.25) is 5.15 Å². The molecule has 2 rings (SSSR count). The maximum absolute atomic E-state index is 7.98. The average Bonchev–Trinajstić information content (AvgIpc) is 2.47. The van der Waals surface area contributed by atoms with Gasteiger partial charge in [0, 0.05) is 17.5 Å². The van der Waals surface area contributed by atoms with Gasteiger partial charge in [-0.2, -0.15) is 0 Å². The summed E-state index contributed by atoms with van der Waals surface area (Å²) in [4.78, 5) is 8.10. The summed E-state index contributed by atoms with van der Waals surface area (Å²) in [5.41, 5.74) is 1.73. The van der Waals surface area contributed by atoms with E-state index in [1.807, 2.05) is 31.2 Å². The molecule has 0 aliphatic carbocycles. The van der Waals surface area contributed by atoms with Crippen LogP contribution in [0.1, 0.15) is 18.9 Å². The Morgan fingerprint density at radius 2 is 2.20 bits per heavy atom. The second kappa shape index (κ2) is 6.34. The molecule has 0 saturated heterocycles. The van der Waals surface area contributed by atoms with Gasteiger partial charge in [0.05, 0.1) is 12.7 Å². The fourth-order valence-corrected chi connectivity index (χ4v) is 1.99. The minimum Gasteiger partial charge on any atom is -0.497 e. The molecule has 0 amide bonds. The van der Waals surface area contributed by atoms with Crippen LogP contribution in [0.5, 0.6) is 5.75 Å². The Hall–Kier alpha value is -2.14. The van der Waals surface area contributed by atoms with Crippen molar-refractivity contribution < 1.29 is 4.74 Å². The number of methoxy groups -OCH3 is 1. The second-order valence-corrected chi connectivity index (χ2v) is 4.44. The van der Waals surface area contributed by atoms with E-state index >= 15 is 0 Å². The SMILES string of the molecule is CCC(=N)c1c(Cl)ncnc1Nc1cccc(OC)c1. The van der Waals surface area contributed by atoms with Gasteiger partial charge < -0.3 is 15.5 Å². The third-order valence-electron chi connectivity index (χ3n) is 2.79. The van der Waals surface area contributed by atoms with Gasteiger partial charge in [-0.15, -0.1) is 0 Å². The highest BCUT2D eigenvalue weighted by Gasteiger charge is 2.14. The predicted octanol–water partition coefficient (Wildman–Crippen LogP) is 3.66. The summed E-state index contributed by atoms with van der Waals surface area (Å²) in [5, 5.41) is 11.4. The lowest BCUT2D eigenvalue weighted by Crippen LogP contribution is -2.07. The van der Waals surface area contributed by atoms with Gasteiger partial charge in [0.1, 0.15) is 23.0 Å². The van der Waals surface area contributed by atoms with Crippen LogP contribution in [0, 0.1) is 5.41 Å². The quantitative estimate of drug-likeness (QED) is 0.651. The topological polar surface area (TPSA) is 70.9 Å². The Morgan fingerprint density at radius 1 is 1.40 bits per heavy atom. The molecule has 0 spiro atoms. The number of benzene rings is 1. The molecule has 1 aromatic heterocycles. The molecule has 5 nitrogen and oxygen atoms in total. The molecule has 0 bridgehead atoms. The number of hydrogen-bond donors (Lipinski definition) is 2. The van der Waals surface area contributed by atoms with E-state index in [-0.39, 0.29) is 5.15 Å². The number of halogens is 1. The summed E-state index contributed by atoms with van der Waals surface area (Å²) in [6, 6.07) is 7.45. The smallest absolute Gasteiger partial charge is 0.144 e. The number of nitrogens with zero attached hydrogens (tertiary/aromatic N) is 2. The number of rotatable bonds is 5. The average molecular weight is 291 g/mol. The molecular formula is C14H15ClN4O. The van der Waals surface area contributed by atoms with Gasteiger partial charge in [-0.1, -0.05) is 24.6 Å². The van der Waals surface area contributed by atoms with Gasteiger partial charge in [0.15, 0.2) is 0 Å². The zero-order chi connectivity index (χ0) is 14.5. The number of hydrogen-bond acceptors (Lipinski definition) is 5. The molecule has 2 aromatic rings. The first kappa shape index (κ1) is 14.3. The van der Waals surface area contributed by atoms with Crippen LogP contribution in [-0.4, -0.2) is 22.8 Å². The first-order valence-electron chi connectivity index (χ1n) is 6.15. The van der Waals surface area contributed by atoms with Crippen molar-refractivity contribution >= 4 is 28.8 Å². The van der Waals surface area contributed by atoms with Crippen molar-refractivity contribution in [3.8, 4) is 5.75 Å². The lowest BCUT2D eigenvalue weighted by atomic mass is 10.1. The van der Waals surface area contributed by atoms with E-state index in [2.05, 4.69) is 15.3 Å². The van der Waals surface area contributed by atoms with Crippen LogP contribution in [-0.2, 0) is 0 Å². The van der Waals surface area contributed by atoms with E-state index in [9.17, 15) is 0 Å². The molecule has 1 heterocycles. The van der Waals surface area contributed by atoms with Crippen molar-refractivity contribution in [2.24, 2.45) is 0 Å². The molecule has 0 unspecified atom stereocenters. The fourth-order valence-electron chi connectivity index (χ4n) is 1.74. The second-order valence-electron chi connectivity index (χ2n) is 4.08. The number of ether oxygens (including phenoxy) is 1. The molecular weight excluding hydrogens is 276 g/mol. The Balaban J connectivity index is 2.38. The van der Waals surface area contributed by atoms with Crippen molar-refractivity contribution in [1.82, 2.24) is 9.97 Å². The van der Waals surface area contributed by atoms with Crippen molar-refractivity contribution in [2.45, 2.75) is 13.3 Å². The van der Waals surface area contributed by atoms with Crippen LogP contribution in [0.15, 0.2) is 30.6 Å². The molecule has 6 heteroatoms. The van der Waals surface area contributed by atoms with Gasteiger partial charge in [-0.25, -0.2) is 9.97 Å². The Bertz CT molecular complexity index is 630. The highest BCUT2D eigenvalue weighted by Crippen LogP contribution is 2.26. The minimum atomic E-state index is 0.275. The van der Waals surface area contributed by atoms with Gasteiger partial charge in [0.2, 0.25) is 0 Å². The number of nitrogens with one attached hydrogen (secondary N) is 2. The molecule has 104 valence electrons. The third-order valence-corrected chi connectivity index (χ3v) is 3.08. The van der Waals surface area contributed by atoms with Crippen molar-refractivity contribution in [1.29, 1.82) is 5.41 Å². The van der Waals surface area contributed by atoms with Crippen LogP contribution < -0.4 is 10.1 Å². The minimum absolute atomic E-state index is 0.275. The molecule has 0 radical (unpaired) electrons. The van der Waals surface area contributed by atoms with E-state index in [1.165, 1.54) is 6.33 Å². The van der Waals surface area contributed by atoms with Crippen molar-refractivity contribution in [2.75, 3.05) is 12.4 Å². The van der Waals surface area contributed by atoms with E-state index in [0.717, 1.165) is 11.4 Å². The zero-order valence-corrected chi connectivity index (χ0v) is 12.0. The van der Waals surface area contributed by atoms with Crippen LogP contribution in [0.25, 0.3) is 0 Å². The molecule has 1 aromatic carbocycles. The number of anilines is 2. The molecule has 0 aliphatic rings. The first-order chi connectivity index (χ1) is 9.65. The van der Waals surface area contributed by atoms with E-state index in [4.69, 9.17) is 21.7 Å². The normalized spacial score (nSPS) is 10.2. The van der Waals surface area contributed by atoms with Crippen LogP contribution in [0.4, 0.5) is 11.5 Å². The van der Waals surface area contributed by atoms with Gasteiger partial charge in [0.25, 0.3) is 0 Å². The maximum atomic E-state index is 7.98. The lowest BCUT2D eigenvalue weighted by Gasteiger charge is -2.12. The van der Waals surface area contributed by atoms with Crippen LogP contribution >= 0.6 is 11.6 Å². The standard InChI is InChI=1S/C14H15ClN4O/c1-3-11(16)12-13(15)17-8-18-14(12)19-9-5-4-6-10(7-9)20-2/h4-8,16H,3H2,1-2H3,(H,17,18,19). The van der Waals surface area contributed by atoms with Crippen LogP contribution in [0.3, 0.4) is 0 Å². The third kappa shape index (κ3) is 3.05. The summed E-state index contributed by atoms with van der Waals surface area (Å²) in [5.74, 6) is 1.26. The van der Waals surface area contributed by atoms with Crippen molar-refractivity contribution in [3.63, 3.8) is 0 Å². The summed E-state index contributed by atoms with van der Waals surface area (Å²) < 4.78 is 5.17. The lowest BCUT2D eigenvalue weighted by molar-refractivity contribution is 0.415. The highest BCUT2D eigenvalue weighted by molar-refractivity contribution is 6.33. The molecule has 0 aliphatic heterocycles. The highest BCUT2D eigenvalue weighted by atomic mass is 35.5. The molecule has 20 heavy (non-hydrogen) atoms. The molecule has 0 saturated carbocycles. The maximum Gasteiger partial charge on any atom is 0.144 e. The predicted molar refractivity (Wildman–Crippen MR) is 80.4 cm³/mol. The Kier molecular flexibility index (Phi) is 4.53. The van der Waals surface area contributed by atoms with Gasteiger partial charge in [-0.3, -0.25) is 0 Å². The molecule has 2 N–H and O–H groups in total. The first-order valence-corrected chi connectivity index (χ1v) is 6.52. The van der Waals surface area contributed by atoms with E-state index in [1.54, 1.807) is 7.11 Å². The Morgan fingerprint density at radius 3 is 2.90 bits per heavy atom. The fraction of sp³-hybridized carbons (Fsp3) is 0.214. The van der Waals surface area contributed by atoms with E-state index in [0.29, 0.717) is 23.5 Å². The summed E-state index contributed by atoms with van der Waals surface area (Å²) in [7, 11) is 1.61. The monoisotopic (exact) mass is 290 g/mol. The molecule has 0 atom stereocenters. The summed E-state index contributed by atoms with van der Waals surface area (Å²) in [6.45, 7) is 1.89. The zero-order valence-electron chi connectivity index (χ0n) is 11.3. The Labute approximate surface area is 122 Å².